The molecular formula is C14H27NO2. The molecule has 3 heteroatoms. The number of hydrogen-bond donors (Lipinski definition) is 1. The molecule has 0 aromatic rings. The van der Waals surface area contributed by atoms with Crippen LogP contribution in [0.2, 0.25) is 0 Å². The van der Waals surface area contributed by atoms with Crippen molar-refractivity contribution in [1.29, 1.82) is 0 Å². The van der Waals surface area contributed by atoms with Crippen molar-refractivity contribution >= 4 is 5.97 Å². The molecule has 1 saturated carbocycles. The molecule has 0 radical (unpaired) electrons. The first-order valence-electron chi connectivity index (χ1n) is 6.61. The van der Waals surface area contributed by atoms with Gasteiger partial charge in [0, 0.05) is 5.54 Å². The van der Waals surface area contributed by atoms with Crippen LogP contribution in [0.3, 0.4) is 0 Å². The Hall–Kier alpha value is -0.570. The molecule has 0 bridgehead atoms. The Labute approximate surface area is 105 Å². The fourth-order valence-corrected chi connectivity index (χ4v) is 3.43. The summed E-state index contributed by atoms with van der Waals surface area (Å²) in [5.41, 5.74) is 0.140. The largest absolute Gasteiger partial charge is 0.469 e. The zero-order chi connectivity index (χ0) is 13.1. The molecule has 0 spiro atoms. The maximum atomic E-state index is 11.7. The van der Waals surface area contributed by atoms with Gasteiger partial charge in [-0.1, -0.05) is 33.6 Å². The molecule has 2 unspecified atom stereocenters. The third-order valence-corrected chi connectivity index (χ3v) is 4.26. The standard InChI is InChI=1S/C14H27NO2/c1-13(2,3)11-8-6-7-9-14(11,15-4)10-12(16)17-5/h11,15H,6-10H2,1-5H3. The first kappa shape index (κ1) is 14.5. The number of nitrogens with one attached hydrogen (secondary N) is 1. The second-order valence-electron chi connectivity index (χ2n) is 6.32. The fourth-order valence-electron chi connectivity index (χ4n) is 3.43. The summed E-state index contributed by atoms with van der Waals surface area (Å²) in [5, 5.41) is 3.44. The fraction of sp³-hybridized carbons (Fsp3) is 0.929. The number of carbonyl (C=O) groups is 1. The number of ether oxygens (including phenoxy) is 1. The van der Waals surface area contributed by atoms with Crippen LogP contribution in [-0.2, 0) is 9.53 Å². The van der Waals surface area contributed by atoms with Gasteiger partial charge in [-0.05, 0) is 31.2 Å². The van der Waals surface area contributed by atoms with Crippen molar-refractivity contribution in [3.8, 4) is 0 Å². The Kier molecular flexibility index (Phi) is 4.59. The molecule has 0 amide bonds. The predicted octanol–water partition coefficient (Wildman–Crippen LogP) is 2.74. The van der Waals surface area contributed by atoms with E-state index in [1.807, 2.05) is 7.05 Å². The second-order valence-corrected chi connectivity index (χ2v) is 6.32. The van der Waals surface area contributed by atoms with Gasteiger partial charge in [0.25, 0.3) is 0 Å². The summed E-state index contributed by atoms with van der Waals surface area (Å²) in [6.45, 7) is 6.81. The lowest BCUT2D eigenvalue weighted by atomic mass is 9.61. The van der Waals surface area contributed by atoms with Gasteiger partial charge in [-0.3, -0.25) is 4.79 Å². The van der Waals surface area contributed by atoms with E-state index in [4.69, 9.17) is 4.74 Å². The highest BCUT2D eigenvalue weighted by Crippen LogP contribution is 2.45. The molecule has 0 aromatic heterocycles. The van der Waals surface area contributed by atoms with Crippen molar-refractivity contribution in [2.24, 2.45) is 11.3 Å². The third-order valence-electron chi connectivity index (χ3n) is 4.26. The van der Waals surface area contributed by atoms with E-state index in [-0.39, 0.29) is 16.9 Å². The average molecular weight is 241 g/mol. The Bertz CT molecular complexity index is 270. The van der Waals surface area contributed by atoms with Crippen LogP contribution in [-0.4, -0.2) is 25.7 Å². The molecule has 0 heterocycles. The molecule has 1 aliphatic rings. The van der Waals surface area contributed by atoms with Gasteiger partial charge in [-0.15, -0.1) is 0 Å². The lowest BCUT2D eigenvalue weighted by molar-refractivity contribution is -0.144. The molecule has 1 N–H and O–H groups in total. The van der Waals surface area contributed by atoms with Crippen LogP contribution in [0, 0.1) is 11.3 Å². The van der Waals surface area contributed by atoms with Crippen LogP contribution >= 0.6 is 0 Å². The van der Waals surface area contributed by atoms with E-state index in [0.29, 0.717) is 12.3 Å². The summed E-state index contributed by atoms with van der Waals surface area (Å²) in [4.78, 5) is 11.7. The predicted molar refractivity (Wildman–Crippen MR) is 69.8 cm³/mol. The minimum Gasteiger partial charge on any atom is -0.469 e. The monoisotopic (exact) mass is 241 g/mol. The van der Waals surface area contributed by atoms with Gasteiger partial charge in [0.2, 0.25) is 0 Å². The Morgan fingerprint density at radius 3 is 2.53 bits per heavy atom. The smallest absolute Gasteiger partial charge is 0.307 e. The van der Waals surface area contributed by atoms with Gasteiger partial charge in [-0.25, -0.2) is 0 Å². The SMILES string of the molecule is CNC1(CC(=O)OC)CCCCC1C(C)(C)C. The Morgan fingerprint density at radius 2 is 2.06 bits per heavy atom. The lowest BCUT2D eigenvalue weighted by Crippen LogP contribution is -2.56. The van der Waals surface area contributed by atoms with E-state index in [9.17, 15) is 4.79 Å². The normalized spacial score (nSPS) is 30.1. The summed E-state index contributed by atoms with van der Waals surface area (Å²) in [5.74, 6) is 0.420. The average Bonchev–Trinajstić information content (AvgIpc) is 2.28. The van der Waals surface area contributed by atoms with Gasteiger partial charge < -0.3 is 10.1 Å². The summed E-state index contributed by atoms with van der Waals surface area (Å²) < 4.78 is 4.86. The molecule has 1 aliphatic carbocycles. The zero-order valence-electron chi connectivity index (χ0n) is 11.9. The van der Waals surface area contributed by atoms with Crippen LogP contribution in [0.25, 0.3) is 0 Å². The molecule has 2 atom stereocenters. The van der Waals surface area contributed by atoms with Crippen LogP contribution in [0.5, 0.6) is 0 Å². The topological polar surface area (TPSA) is 38.3 Å². The summed E-state index contributed by atoms with van der Waals surface area (Å²) in [6, 6.07) is 0. The van der Waals surface area contributed by atoms with Gasteiger partial charge in [0.05, 0.1) is 13.5 Å². The van der Waals surface area contributed by atoms with Crippen LogP contribution in [0.1, 0.15) is 52.9 Å². The highest BCUT2D eigenvalue weighted by Gasteiger charge is 2.46. The van der Waals surface area contributed by atoms with Crippen LogP contribution < -0.4 is 5.32 Å². The van der Waals surface area contributed by atoms with E-state index < -0.39 is 0 Å². The number of rotatable bonds is 3. The van der Waals surface area contributed by atoms with Crippen LogP contribution in [0.4, 0.5) is 0 Å². The Morgan fingerprint density at radius 1 is 1.41 bits per heavy atom. The second kappa shape index (κ2) is 5.38. The number of esters is 1. The van der Waals surface area contributed by atoms with Crippen molar-refractivity contribution in [2.45, 2.75) is 58.4 Å². The summed E-state index contributed by atoms with van der Waals surface area (Å²) in [6.07, 6.45) is 5.22. The highest BCUT2D eigenvalue weighted by atomic mass is 16.5. The van der Waals surface area contributed by atoms with E-state index in [0.717, 1.165) is 6.42 Å². The summed E-state index contributed by atoms with van der Waals surface area (Å²) in [7, 11) is 3.45. The minimum absolute atomic E-state index is 0.0798. The van der Waals surface area contributed by atoms with Gasteiger partial charge >= 0.3 is 5.97 Å². The first-order valence-corrected chi connectivity index (χ1v) is 6.61. The van der Waals surface area contributed by atoms with Crippen molar-refractivity contribution in [3.63, 3.8) is 0 Å². The van der Waals surface area contributed by atoms with Crippen molar-refractivity contribution < 1.29 is 9.53 Å². The van der Waals surface area contributed by atoms with E-state index >= 15 is 0 Å². The highest BCUT2D eigenvalue weighted by molar-refractivity contribution is 5.70. The van der Waals surface area contributed by atoms with Crippen molar-refractivity contribution in [2.75, 3.05) is 14.2 Å². The van der Waals surface area contributed by atoms with Gasteiger partial charge in [0.1, 0.15) is 0 Å². The van der Waals surface area contributed by atoms with E-state index in [1.54, 1.807) is 0 Å². The van der Waals surface area contributed by atoms with Crippen LogP contribution in [0.15, 0.2) is 0 Å². The van der Waals surface area contributed by atoms with E-state index in [1.165, 1.54) is 26.4 Å². The number of hydrogen-bond acceptors (Lipinski definition) is 3. The number of methoxy groups -OCH3 is 1. The molecule has 1 fully saturated rings. The lowest BCUT2D eigenvalue weighted by Gasteiger charge is -2.49. The molecule has 0 aromatic carbocycles. The molecule has 3 nitrogen and oxygen atoms in total. The summed E-state index contributed by atoms with van der Waals surface area (Å²) >= 11 is 0. The molecular weight excluding hydrogens is 214 g/mol. The maximum Gasteiger partial charge on any atom is 0.307 e. The first-order chi connectivity index (χ1) is 7.85. The molecule has 1 rings (SSSR count). The van der Waals surface area contributed by atoms with Crippen molar-refractivity contribution in [1.82, 2.24) is 5.32 Å². The molecule has 100 valence electrons. The Balaban J connectivity index is 2.94. The number of carbonyl (C=O) groups excluding carboxylic acids is 1. The minimum atomic E-state index is -0.101. The zero-order valence-corrected chi connectivity index (χ0v) is 11.9. The molecule has 0 saturated heterocycles. The quantitative estimate of drug-likeness (QED) is 0.772. The van der Waals surface area contributed by atoms with Gasteiger partial charge in [0.15, 0.2) is 0 Å². The molecule has 17 heavy (non-hydrogen) atoms. The molecule has 0 aliphatic heterocycles. The van der Waals surface area contributed by atoms with Crippen molar-refractivity contribution in [3.05, 3.63) is 0 Å². The van der Waals surface area contributed by atoms with E-state index in [2.05, 4.69) is 26.1 Å². The third kappa shape index (κ3) is 3.21. The van der Waals surface area contributed by atoms with Gasteiger partial charge in [-0.2, -0.15) is 0 Å². The maximum absolute atomic E-state index is 11.7.